The smallest absolute Gasteiger partial charge is 0.231 e. The van der Waals surface area contributed by atoms with Crippen LogP contribution in [-0.2, 0) is 10.3 Å². The molecule has 2 atom stereocenters. The highest BCUT2D eigenvalue weighted by Gasteiger charge is 2.39. The molecule has 1 aromatic heterocycles. The molecule has 0 spiro atoms. The standard InChI is InChI=1S/C15H27N3O2/c1-4-12(11(3)16)13-17-14(18-20-13)15(19-5-2)9-7-6-8-10-15/h11-12H,4-10,16H2,1-3H3. The molecule has 1 aliphatic rings. The van der Waals surface area contributed by atoms with Crippen LogP contribution < -0.4 is 5.73 Å². The fraction of sp³-hybridized carbons (Fsp3) is 0.867. The highest BCUT2D eigenvalue weighted by atomic mass is 16.5. The highest BCUT2D eigenvalue weighted by Crippen LogP contribution is 2.39. The fourth-order valence-corrected chi connectivity index (χ4v) is 3.17. The number of ether oxygens (including phenoxy) is 1. The van der Waals surface area contributed by atoms with Crippen molar-refractivity contribution in [3.8, 4) is 0 Å². The molecule has 5 nitrogen and oxygen atoms in total. The summed E-state index contributed by atoms with van der Waals surface area (Å²) in [6.45, 7) is 6.77. The van der Waals surface area contributed by atoms with E-state index in [9.17, 15) is 0 Å². The third-order valence-electron chi connectivity index (χ3n) is 4.32. The lowest BCUT2D eigenvalue weighted by atomic mass is 9.84. The van der Waals surface area contributed by atoms with Crippen LogP contribution in [0.2, 0.25) is 0 Å². The van der Waals surface area contributed by atoms with E-state index in [-0.39, 0.29) is 17.6 Å². The van der Waals surface area contributed by atoms with Gasteiger partial charge in [-0.25, -0.2) is 0 Å². The molecule has 1 fully saturated rings. The Morgan fingerprint density at radius 2 is 2.00 bits per heavy atom. The Morgan fingerprint density at radius 1 is 1.30 bits per heavy atom. The molecule has 1 saturated carbocycles. The zero-order valence-electron chi connectivity index (χ0n) is 12.9. The summed E-state index contributed by atoms with van der Waals surface area (Å²) in [4.78, 5) is 4.63. The lowest BCUT2D eigenvalue weighted by Crippen LogP contribution is -2.34. The van der Waals surface area contributed by atoms with E-state index in [1.807, 2.05) is 13.8 Å². The third kappa shape index (κ3) is 3.04. The molecule has 0 radical (unpaired) electrons. The summed E-state index contributed by atoms with van der Waals surface area (Å²) in [5.74, 6) is 1.49. The maximum absolute atomic E-state index is 6.03. The van der Waals surface area contributed by atoms with Gasteiger partial charge in [0, 0.05) is 12.6 Å². The maximum Gasteiger partial charge on any atom is 0.231 e. The van der Waals surface area contributed by atoms with Crippen molar-refractivity contribution in [1.29, 1.82) is 0 Å². The summed E-state index contributed by atoms with van der Waals surface area (Å²) in [6.07, 6.45) is 6.45. The molecule has 0 bridgehead atoms. The fourth-order valence-electron chi connectivity index (χ4n) is 3.17. The minimum atomic E-state index is -0.342. The normalized spacial score (nSPS) is 21.6. The van der Waals surface area contributed by atoms with Crippen LogP contribution in [0.25, 0.3) is 0 Å². The van der Waals surface area contributed by atoms with Crippen molar-refractivity contribution < 1.29 is 9.26 Å². The van der Waals surface area contributed by atoms with E-state index in [0.717, 1.165) is 32.1 Å². The van der Waals surface area contributed by atoms with Crippen molar-refractivity contribution in [1.82, 2.24) is 10.1 Å². The number of nitrogens with zero attached hydrogens (tertiary/aromatic N) is 2. The van der Waals surface area contributed by atoms with Crippen LogP contribution in [0, 0.1) is 0 Å². The summed E-state index contributed by atoms with van der Waals surface area (Å²) in [6, 6.07) is 0.0164. The van der Waals surface area contributed by atoms with Crippen LogP contribution in [0.1, 0.15) is 76.9 Å². The van der Waals surface area contributed by atoms with Crippen molar-refractivity contribution >= 4 is 0 Å². The van der Waals surface area contributed by atoms with Crippen LogP contribution in [0.5, 0.6) is 0 Å². The predicted octanol–water partition coefficient (Wildman–Crippen LogP) is 3.11. The van der Waals surface area contributed by atoms with Gasteiger partial charge < -0.3 is 15.0 Å². The first-order valence-electron chi connectivity index (χ1n) is 7.86. The Kier molecular flexibility index (Phi) is 5.16. The summed E-state index contributed by atoms with van der Waals surface area (Å²) in [7, 11) is 0. The average Bonchev–Trinajstić information content (AvgIpc) is 2.90. The number of nitrogens with two attached hydrogens (primary N) is 1. The van der Waals surface area contributed by atoms with Crippen molar-refractivity contribution in [2.75, 3.05) is 6.61 Å². The second kappa shape index (κ2) is 6.68. The molecule has 0 aromatic carbocycles. The highest BCUT2D eigenvalue weighted by molar-refractivity contribution is 5.06. The van der Waals surface area contributed by atoms with Crippen molar-refractivity contribution in [2.45, 2.75) is 76.9 Å². The third-order valence-corrected chi connectivity index (χ3v) is 4.32. The molecule has 1 aromatic rings. The van der Waals surface area contributed by atoms with Gasteiger partial charge in [-0.15, -0.1) is 0 Å². The van der Waals surface area contributed by atoms with Gasteiger partial charge >= 0.3 is 0 Å². The quantitative estimate of drug-likeness (QED) is 0.867. The van der Waals surface area contributed by atoms with E-state index in [0.29, 0.717) is 18.3 Å². The zero-order chi connectivity index (χ0) is 14.6. The van der Waals surface area contributed by atoms with Crippen LogP contribution in [0.15, 0.2) is 4.52 Å². The van der Waals surface area contributed by atoms with Gasteiger partial charge in [0.25, 0.3) is 0 Å². The van der Waals surface area contributed by atoms with E-state index in [1.165, 1.54) is 6.42 Å². The zero-order valence-corrected chi connectivity index (χ0v) is 12.9. The van der Waals surface area contributed by atoms with E-state index < -0.39 is 0 Å². The van der Waals surface area contributed by atoms with Crippen molar-refractivity contribution in [2.24, 2.45) is 5.73 Å². The lowest BCUT2D eigenvalue weighted by Gasteiger charge is -2.33. The summed E-state index contributed by atoms with van der Waals surface area (Å²) in [5.41, 5.74) is 5.66. The van der Waals surface area contributed by atoms with Crippen molar-refractivity contribution in [3.05, 3.63) is 11.7 Å². The number of aromatic nitrogens is 2. The second-order valence-electron chi connectivity index (χ2n) is 5.82. The first kappa shape index (κ1) is 15.4. The van der Waals surface area contributed by atoms with Gasteiger partial charge in [-0.1, -0.05) is 31.3 Å². The lowest BCUT2D eigenvalue weighted by molar-refractivity contribution is -0.0777. The van der Waals surface area contributed by atoms with Crippen LogP contribution in [0.3, 0.4) is 0 Å². The molecule has 20 heavy (non-hydrogen) atoms. The van der Waals surface area contributed by atoms with Gasteiger partial charge in [0.05, 0.1) is 5.92 Å². The molecule has 2 rings (SSSR count). The molecule has 114 valence electrons. The molecule has 2 N–H and O–H groups in total. The second-order valence-corrected chi connectivity index (χ2v) is 5.82. The Morgan fingerprint density at radius 3 is 2.55 bits per heavy atom. The first-order valence-corrected chi connectivity index (χ1v) is 7.86. The summed E-state index contributed by atoms with van der Waals surface area (Å²) in [5, 5.41) is 4.22. The average molecular weight is 281 g/mol. The van der Waals surface area contributed by atoms with Gasteiger partial charge in [0.15, 0.2) is 0 Å². The van der Waals surface area contributed by atoms with E-state index in [1.54, 1.807) is 0 Å². The van der Waals surface area contributed by atoms with Gasteiger partial charge in [0.1, 0.15) is 5.60 Å². The largest absolute Gasteiger partial charge is 0.367 e. The maximum atomic E-state index is 6.03. The molecule has 0 saturated heterocycles. The molecular formula is C15H27N3O2. The Labute approximate surface area is 121 Å². The summed E-state index contributed by atoms with van der Waals surface area (Å²) >= 11 is 0. The topological polar surface area (TPSA) is 74.2 Å². The van der Waals surface area contributed by atoms with Gasteiger partial charge in [-0.3, -0.25) is 0 Å². The minimum Gasteiger partial charge on any atom is -0.367 e. The number of hydrogen-bond donors (Lipinski definition) is 1. The van der Waals surface area contributed by atoms with E-state index in [2.05, 4.69) is 17.1 Å². The summed E-state index contributed by atoms with van der Waals surface area (Å²) < 4.78 is 11.5. The Hall–Kier alpha value is -0.940. The Balaban J connectivity index is 2.24. The van der Waals surface area contributed by atoms with Gasteiger partial charge in [0.2, 0.25) is 11.7 Å². The molecule has 1 heterocycles. The first-order chi connectivity index (χ1) is 9.63. The number of rotatable bonds is 6. The minimum absolute atomic E-state index is 0.0164. The molecule has 0 amide bonds. The number of hydrogen-bond acceptors (Lipinski definition) is 5. The van der Waals surface area contributed by atoms with Crippen LogP contribution in [0.4, 0.5) is 0 Å². The molecule has 5 heteroatoms. The monoisotopic (exact) mass is 281 g/mol. The Bertz CT molecular complexity index is 405. The van der Waals surface area contributed by atoms with E-state index >= 15 is 0 Å². The van der Waals surface area contributed by atoms with Gasteiger partial charge in [-0.2, -0.15) is 4.98 Å². The molecule has 0 aliphatic heterocycles. The molecule has 1 aliphatic carbocycles. The van der Waals surface area contributed by atoms with Crippen LogP contribution >= 0.6 is 0 Å². The predicted molar refractivity (Wildman–Crippen MR) is 77.4 cm³/mol. The van der Waals surface area contributed by atoms with Crippen molar-refractivity contribution in [3.63, 3.8) is 0 Å². The van der Waals surface area contributed by atoms with E-state index in [4.69, 9.17) is 15.0 Å². The molecule has 2 unspecified atom stereocenters. The SMILES string of the molecule is CCOC1(c2noc(C(CC)C(C)N)n2)CCCCC1. The molecular weight excluding hydrogens is 254 g/mol. The van der Waals surface area contributed by atoms with Gasteiger partial charge in [-0.05, 0) is 33.1 Å². The van der Waals surface area contributed by atoms with Crippen LogP contribution in [-0.4, -0.2) is 22.8 Å².